The number of aliphatic imine (C=N–C) groups is 1. The molecule has 0 bridgehead atoms. The molecule has 0 spiro atoms. The quantitative estimate of drug-likeness (QED) is 0.340. The lowest BCUT2D eigenvalue weighted by atomic mass is 9.85. The average molecular weight is 225 g/mol. The number of amidine groups is 1. The number of nitrogens with one attached hydrogen (secondary N) is 1. The molecule has 0 aromatic rings. The van der Waals surface area contributed by atoms with Crippen molar-refractivity contribution in [3.8, 4) is 6.19 Å². The molecule has 1 N–H and O–H groups in total. The van der Waals surface area contributed by atoms with Crippen LogP contribution in [0.3, 0.4) is 0 Å². The second-order valence-corrected chi connectivity index (χ2v) is 4.75. The van der Waals surface area contributed by atoms with E-state index in [0.717, 1.165) is 11.1 Å². The number of hydrogen-bond acceptors (Lipinski definition) is 3. The van der Waals surface area contributed by atoms with Crippen LogP contribution in [-0.2, 0) is 0 Å². The van der Waals surface area contributed by atoms with Gasteiger partial charge in [0, 0.05) is 0 Å². The van der Waals surface area contributed by atoms with Crippen molar-refractivity contribution in [2.75, 3.05) is 6.26 Å². The Labute approximate surface area is 96.3 Å². The predicted molar refractivity (Wildman–Crippen MR) is 65.7 cm³/mol. The molecule has 0 saturated heterocycles. The van der Waals surface area contributed by atoms with Gasteiger partial charge in [-0.05, 0) is 37.9 Å². The highest BCUT2D eigenvalue weighted by Crippen LogP contribution is 2.28. The Bertz CT molecular complexity index is 249. The van der Waals surface area contributed by atoms with E-state index < -0.39 is 0 Å². The van der Waals surface area contributed by atoms with E-state index in [2.05, 4.69) is 17.2 Å². The number of rotatable bonds is 2. The summed E-state index contributed by atoms with van der Waals surface area (Å²) in [6.45, 7) is 2.26. The third kappa shape index (κ3) is 4.13. The molecule has 1 rings (SSSR count). The molecular weight excluding hydrogens is 206 g/mol. The van der Waals surface area contributed by atoms with E-state index in [1.54, 1.807) is 0 Å². The normalized spacial score (nSPS) is 27.1. The molecule has 4 heteroatoms. The molecule has 84 valence electrons. The zero-order chi connectivity index (χ0) is 11.1. The van der Waals surface area contributed by atoms with Gasteiger partial charge in [-0.1, -0.05) is 25.1 Å². The summed E-state index contributed by atoms with van der Waals surface area (Å²) in [5, 5.41) is 11.9. The van der Waals surface area contributed by atoms with Crippen molar-refractivity contribution in [2.45, 2.75) is 45.1 Å². The molecule has 3 nitrogen and oxygen atoms in total. The van der Waals surface area contributed by atoms with Gasteiger partial charge in [-0.15, -0.1) is 0 Å². The summed E-state index contributed by atoms with van der Waals surface area (Å²) in [5.41, 5.74) is 0. The highest BCUT2D eigenvalue weighted by atomic mass is 32.2. The Morgan fingerprint density at radius 1 is 1.47 bits per heavy atom. The van der Waals surface area contributed by atoms with Crippen LogP contribution in [0.5, 0.6) is 0 Å². The van der Waals surface area contributed by atoms with Gasteiger partial charge in [-0.3, -0.25) is 10.3 Å². The van der Waals surface area contributed by atoms with Gasteiger partial charge in [0.1, 0.15) is 0 Å². The Hall–Kier alpha value is -0.690. The van der Waals surface area contributed by atoms with Crippen molar-refractivity contribution in [2.24, 2.45) is 10.9 Å². The zero-order valence-electron chi connectivity index (χ0n) is 9.49. The SMILES string of the molecule is CCC1CCC(N=C(NC#N)SC)CC1. The number of nitrogens with zero attached hydrogens (tertiary/aromatic N) is 2. The van der Waals surface area contributed by atoms with Crippen LogP contribution >= 0.6 is 11.8 Å². The van der Waals surface area contributed by atoms with Crippen LogP contribution in [0, 0.1) is 17.4 Å². The van der Waals surface area contributed by atoms with Crippen molar-refractivity contribution in [3.05, 3.63) is 0 Å². The first kappa shape index (κ1) is 12.4. The Kier molecular flexibility index (Phi) is 5.56. The largest absolute Gasteiger partial charge is 0.272 e. The molecule has 1 aliphatic carbocycles. The standard InChI is InChI=1S/C11H19N3S/c1-3-9-4-6-10(7-5-9)14-11(15-2)13-8-12/h9-10H,3-7H2,1-2H3,(H,13,14). The van der Waals surface area contributed by atoms with Crippen LogP contribution in [0.15, 0.2) is 4.99 Å². The van der Waals surface area contributed by atoms with Crippen molar-refractivity contribution in [1.29, 1.82) is 5.26 Å². The smallest absolute Gasteiger partial charge is 0.183 e. The van der Waals surface area contributed by atoms with Crippen molar-refractivity contribution in [3.63, 3.8) is 0 Å². The summed E-state index contributed by atoms with van der Waals surface area (Å²) in [4.78, 5) is 4.56. The number of nitriles is 1. The minimum atomic E-state index is 0.427. The molecule has 0 unspecified atom stereocenters. The highest BCUT2D eigenvalue weighted by molar-refractivity contribution is 8.13. The van der Waals surface area contributed by atoms with E-state index in [-0.39, 0.29) is 0 Å². The van der Waals surface area contributed by atoms with Crippen LogP contribution in [0.4, 0.5) is 0 Å². The minimum absolute atomic E-state index is 0.427. The first-order valence-electron chi connectivity index (χ1n) is 5.57. The summed E-state index contributed by atoms with van der Waals surface area (Å²) in [5.74, 6) is 0.901. The van der Waals surface area contributed by atoms with Gasteiger partial charge < -0.3 is 0 Å². The molecule has 1 aliphatic rings. The first-order chi connectivity index (χ1) is 7.30. The lowest BCUT2D eigenvalue weighted by molar-refractivity contribution is 0.320. The van der Waals surface area contributed by atoms with Crippen molar-refractivity contribution in [1.82, 2.24) is 5.32 Å². The van der Waals surface area contributed by atoms with E-state index >= 15 is 0 Å². The maximum Gasteiger partial charge on any atom is 0.183 e. The van der Waals surface area contributed by atoms with Gasteiger partial charge in [0.05, 0.1) is 6.04 Å². The summed E-state index contributed by atoms with van der Waals surface area (Å²) in [6.07, 6.45) is 10.1. The molecular formula is C11H19N3S. The third-order valence-corrected chi connectivity index (χ3v) is 3.64. The van der Waals surface area contributed by atoms with Crippen molar-refractivity contribution < 1.29 is 0 Å². The second kappa shape index (κ2) is 6.73. The summed E-state index contributed by atoms with van der Waals surface area (Å²) in [6, 6.07) is 0.427. The van der Waals surface area contributed by atoms with Crippen LogP contribution in [0.25, 0.3) is 0 Å². The molecule has 0 aliphatic heterocycles. The zero-order valence-corrected chi connectivity index (χ0v) is 10.3. The van der Waals surface area contributed by atoms with E-state index in [0.29, 0.717) is 6.04 Å². The van der Waals surface area contributed by atoms with Crippen LogP contribution in [0.2, 0.25) is 0 Å². The van der Waals surface area contributed by atoms with E-state index in [4.69, 9.17) is 5.26 Å². The first-order valence-corrected chi connectivity index (χ1v) is 6.79. The molecule has 1 saturated carbocycles. The second-order valence-electron chi connectivity index (χ2n) is 3.96. The fourth-order valence-electron chi connectivity index (χ4n) is 2.03. The van der Waals surface area contributed by atoms with E-state index in [1.807, 2.05) is 12.4 Å². The molecule has 1 fully saturated rings. The maximum atomic E-state index is 8.52. The average Bonchev–Trinajstić information content (AvgIpc) is 2.29. The molecule has 0 aromatic carbocycles. The maximum absolute atomic E-state index is 8.52. The molecule has 15 heavy (non-hydrogen) atoms. The van der Waals surface area contributed by atoms with Crippen LogP contribution in [0.1, 0.15) is 39.0 Å². The summed E-state index contributed by atoms with van der Waals surface area (Å²) >= 11 is 1.51. The van der Waals surface area contributed by atoms with Gasteiger partial charge >= 0.3 is 0 Å². The Balaban J connectivity index is 2.42. The molecule has 0 atom stereocenters. The minimum Gasteiger partial charge on any atom is -0.272 e. The van der Waals surface area contributed by atoms with E-state index in [9.17, 15) is 0 Å². The van der Waals surface area contributed by atoms with Gasteiger partial charge in [-0.2, -0.15) is 5.26 Å². The van der Waals surface area contributed by atoms with Crippen LogP contribution in [-0.4, -0.2) is 17.5 Å². The fourth-order valence-corrected chi connectivity index (χ4v) is 2.43. The number of hydrogen-bond donors (Lipinski definition) is 1. The van der Waals surface area contributed by atoms with Crippen LogP contribution < -0.4 is 5.32 Å². The van der Waals surface area contributed by atoms with Gasteiger partial charge in [-0.25, -0.2) is 0 Å². The van der Waals surface area contributed by atoms with E-state index in [1.165, 1.54) is 43.9 Å². The lowest BCUT2D eigenvalue weighted by Gasteiger charge is -2.25. The fraction of sp³-hybridized carbons (Fsp3) is 0.818. The van der Waals surface area contributed by atoms with Gasteiger partial charge in [0.15, 0.2) is 11.4 Å². The highest BCUT2D eigenvalue weighted by Gasteiger charge is 2.19. The third-order valence-electron chi connectivity index (χ3n) is 3.05. The summed E-state index contributed by atoms with van der Waals surface area (Å²) in [7, 11) is 0. The topological polar surface area (TPSA) is 48.2 Å². The van der Waals surface area contributed by atoms with Gasteiger partial charge in [0.2, 0.25) is 0 Å². The Morgan fingerprint density at radius 3 is 2.60 bits per heavy atom. The summed E-state index contributed by atoms with van der Waals surface area (Å²) < 4.78 is 0. The molecule has 0 radical (unpaired) electrons. The Morgan fingerprint density at radius 2 is 2.13 bits per heavy atom. The van der Waals surface area contributed by atoms with Gasteiger partial charge in [0.25, 0.3) is 0 Å². The predicted octanol–water partition coefficient (Wildman–Crippen LogP) is 2.74. The lowest BCUT2D eigenvalue weighted by Crippen LogP contribution is -2.21. The number of thioether (sulfide) groups is 1. The molecule has 0 amide bonds. The van der Waals surface area contributed by atoms with Crippen molar-refractivity contribution >= 4 is 16.9 Å². The molecule has 0 heterocycles. The molecule has 0 aromatic heterocycles. The monoisotopic (exact) mass is 225 g/mol.